The molecule has 24 heavy (non-hydrogen) atoms. The van der Waals surface area contributed by atoms with Gasteiger partial charge in [0.05, 0.1) is 25.9 Å². The number of carbonyl (C=O) groups excluding carboxylic acids is 1. The van der Waals surface area contributed by atoms with Crippen LogP contribution in [0.15, 0.2) is 18.2 Å². The normalized spacial score (nSPS) is 26.8. The second kappa shape index (κ2) is 5.96. The zero-order valence-corrected chi connectivity index (χ0v) is 14.5. The van der Waals surface area contributed by atoms with Crippen LogP contribution in [0.1, 0.15) is 25.0 Å². The number of ether oxygens (including phenoxy) is 2. The van der Waals surface area contributed by atoms with E-state index in [1.54, 1.807) is 0 Å². The largest absolute Gasteiger partial charge is 0.493 e. The second-order valence-electron chi connectivity index (χ2n) is 7.85. The molecule has 130 valence electrons. The standard InChI is InChI=1S/C19H26N2O3/c1-19(2)12-21(16-11-23-10-15(16)19)18(22)20-7-5-13-3-4-17-14(9-13)6-8-24-17/h3-4,9,15-16H,5-8,10-12H2,1-2H3,(H,20,22)/t15-,16+/m0/s1. The van der Waals surface area contributed by atoms with Gasteiger partial charge in [-0.15, -0.1) is 0 Å². The van der Waals surface area contributed by atoms with Crippen molar-refractivity contribution < 1.29 is 14.3 Å². The Morgan fingerprint density at radius 1 is 1.38 bits per heavy atom. The molecule has 0 bridgehead atoms. The fourth-order valence-corrected chi connectivity index (χ4v) is 4.30. The van der Waals surface area contributed by atoms with Crippen LogP contribution in [-0.4, -0.2) is 49.9 Å². The molecule has 0 aliphatic carbocycles. The van der Waals surface area contributed by atoms with Crippen LogP contribution in [0.4, 0.5) is 4.79 Å². The summed E-state index contributed by atoms with van der Waals surface area (Å²) in [5.41, 5.74) is 2.67. The van der Waals surface area contributed by atoms with Crippen molar-refractivity contribution in [2.45, 2.75) is 32.7 Å². The molecule has 1 aromatic carbocycles. The van der Waals surface area contributed by atoms with Gasteiger partial charge in [-0.1, -0.05) is 26.0 Å². The first-order valence-electron chi connectivity index (χ1n) is 8.91. The third-order valence-corrected chi connectivity index (χ3v) is 5.74. The van der Waals surface area contributed by atoms with E-state index in [2.05, 4.69) is 31.3 Å². The number of carbonyl (C=O) groups is 1. The van der Waals surface area contributed by atoms with Crippen molar-refractivity contribution in [3.8, 4) is 5.75 Å². The second-order valence-corrected chi connectivity index (χ2v) is 7.85. The minimum absolute atomic E-state index is 0.0468. The molecule has 0 aromatic heterocycles. The van der Waals surface area contributed by atoms with E-state index < -0.39 is 0 Å². The summed E-state index contributed by atoms with van der Waals surface area (Å²) in [4.78, 5) is 14.6. The minimum Gasteiger partial charge on any atom is -0.493 e. The van der Waals surface area contributed by atoms with E-state index in [4.69, 9.17) is 9.47 Å². The van der Waals surface area contributed by atoms with E-state index in [1.165, 1.54) is 11.1 Å². The van der Waals surface area contributed by atoms with Gasteiger partial charge in [-0.05, 0) is 29.0 Å². The van der Waals surface area contributed by atoms with Crippen molar-refractivity contribution >= 4 is 6.03 Å². The first-order valence-corrected chi connectivity index (χ1v) is 8.91. The van der Waals surface area contributed by atoms with Gasteiger partial charge in [-0.25, -0.2) is 4.79 Å². The van der Waals surface area contributed by atoms with E-state index in [1.807, 2.05) is 11.0 Å². The van der Waals surface area contributed by atoms with Crippen LogP contribution < -0.4 is 10.1 Å². The number of nitrogens with zero attached hydrogens (tertiary/aromatic N) is 1. The van der Waals surface area contributed by atoms with Gasteiger partial charge in [0.2, 0.25) is 0 Å². The maximum Gasteiger partial charge on any atom is 0.317 e. The molecule has 2 amide bonds. The number of nitrogens with one attached hydrogen (secondary N) is 1. The quantitative estimate of drug-likeness (QED) is 0.925. The van der Waals surface area contributed by atoms with Crippen molar-refractivity contribution in [2.24, 2.45) is 11.3 Å². The van der Waals surface area contributed by atoms with E-state index in [0.29, 0.717) is 19.1 Å². The van der Waals surface area contributed by atoms with Crippen molar-refractivity contribution in [1.82, 2.24) is 10.2 Å². The fraction of sp³-hybridized carbons (Fsp3) is 0.632. The van der Waals surface area contributed by atoms with Gasteiger partial charge >= 0.3 is 6.03 Å². The Kier molecular flexibility index (Phi) is 3.91. The summed E-state index contributed by atoms with van der Waals surface area (Å²) in [5.74, 6) is 1.47. The van der Waals surface area contributed by atoms with Gasteiger partial charge < -0.3 is 19.7 Å². The molecule has 3 heterocycles. The van der Waals surface area contributed by atoms with Crippen LogP contribution >= 0.6 is 0 Å². The molecule has 5 nitrogen and oxygen atoms in total. The van der Waals surface area contributed by atoms with E-state index in [-0.39, 0.29) is 17.5 Å². The SMILES string of the molecule is CC1(C)CN(C(=O)NCCc2ccc3c(c2)CCO3)[C@@H]2COC[C@@H]21. The number of benzene rings is 1. The smallest absolute Gasteiger partial charge is 0.317 e. The van der Waals surface area contributed by atoms with Crippen molar-refractivity contribution in [1.29, 1.82) is 0 Å². The van der Waals surface area contributed by atoms with Crippen molar-refractivity contribution in [3.63, 3.8) is 0 Å². The zero-order valence-electron chi connectivity index (χ0n) is 14.5. The Morgan fingerprint density at radius 3 is 3.12 bits per heavy atom. The summed E-state index contributed by atoms with van der Waals surface area (Å²) in [7, 11) is 0. The van der Waals surface area contributed by atoms with Gasteiger partial charge in [-0.3, -0.25) is 0 Å². The first kappa shape index (κ1) is 15.8. The maximum absolute atomic E-state index is 12.6. The van der Waals surface area contributed by atoms with Gasteiger partial charge in [0, 0.05) is 25.4 Å². The van der Waals surface area contributed by atoms with E-state index in [0.717, 1.165) is 38.3 Å². The lowest BCUT2D eigenvalue weighted by molar-refractivity contribution is 0.124. The van der Waals surface area contributed by atoms with Crippen LogP contribution in [0, 0.1) is 11.3 Å². The molecule has 0 spiro atoms. The van der Waals surface area contributed by atoms with Crippen LogP contribution in [0.25, 0.3) is 0 Å². The topological polar surface area (TPSA) is 50.8 Å². The zero-order chi connectivity index (χ0) is 16.7. The summed E-state index contributed by atoms with van der Waals surface area (Å²) in [6, 6.07) is 6.62. The van der Waals surface area contributed by atoms with Crippen LogP contribution in [0.5, 0.6) is 5.75 Å². The van der Waals surface area contributed by atoms with Gasteiger partial charge in [0.1, 0.15) is 5.75 Å². The highest BCUT2D eigenvalue weighted by Crippen LogP contribution is 2.43. The maximum atomic E-state index is 12.6. The van der Waals surface area contributed by atoms with E-state index >= 15 is 0 Å². The molecule has 4 rings (SSSR count). The van der Waals surface area contributed by atoms with Crippen molar-refractivity contribution in [3.05, 3.63) is 29.3 Å². The molecule has 5 heteroatoms. The molecular formula is C19H26N2O3. The number of urea groups is 1. The van der Waals surface area contributed by atoms with Crippen LogP contribution in [-0.2, 0) is 17.6 Å². The number of hydrogen-bond donors (Lipinski definition) is 1. The van der Waals surface area contributed by atoms with Gasteiger partial charge in [-0.2, -0.15) is 0 Å². The van der Waals surface area contributed by atoms with Crippen LogP contribution in [0.3, 0.4) is 0 Å². The Hall–Kier alpha value is -1.75. The van der Waals surface area contributed by atoms with Crippen molar-refractivity contribution in [2.75, 3.05) is 32.9 Å². The summed E-state index contributed by atoms with van der Waals surface area (Å²) in [6.45, 7) is 8.18. The van der Waals surface area contributed by atoms with E-state index in [9.17, 15) is 4.79 Å². The number of likely N-dealkylation sites (tertiary alicyclic amines) is 1. The molecule has 2 fully saturated rings. The number of hydrogen-bond acceptors (Lipinski definition) is 3. The Morgan fingerprint density at radius 2 is 2.25 bits per heavy atom. The molecule has 3 aliphatic rings. The first-order chi connectivity index (χ1) is 11.5. The molecule has 1 aromatic rings. The van der Waals surface area contributed by atoms with Gasteiger partial charge in [0.15, 0.2) is 0 Å². The predicted molar refractivity (Wildman–Crippen MR) is 91.3 cm³/mol. The summed E-state index contributed by atoms with van der Waals surface area (Å²) in [6.07, 6.45) is 1.84. The highest BCUT2D eigenvalue weighted by atomic mass is 16.5. The Labute approximate surface area is 143 Å². The Balaban J connectivity index is 1.32. The minimum atomic E-state index is 0.0468. The molecule has 2 saturated heterocycles. The predicted octanol–water partition coefficient (Wildman–Crippen LogP) is 2.23. The van der Waals surface area contributed by atoms with Crippen LogP contribution in [0.2, 0.25) is 0 Å². The lowest BCUT2D eigenvalue weighted by Gasteiger charge is -2.24. The molecule has 3 aliphatic heterocycles. The molecule has 2 atom stereocenters. The third kappa shape index (κ3) is 2.75. The lowest BCUT2D eigenvalue weighted by Crippen LogP contribution is -2.45. The number of amides is 2. The fourth-order valence-electron chi connectivity index (χ4n) is 4.30. The Bertz CT molecular complexity index is 643. The number of rotatable bonds is 3. The third-order valence-electron chi connectivity index (χ3n) is 5.74. The molecule has 0 radical (unpaired) electrons. The molecule has 1 N–H and O–H groups in total. The molecule has 0 unspecified atom stereocenters. The average molecular weight is 330 g/mol. The monoisotopic (exact) mass is 330 g/mol. The number of fused-ring (bicyclic) bond motifs is 2. The highest BCUT2D eigenvalue weighted by Gasteiger charge is 2.51. The molecule has 0 saturated carbocycles. The average Bonchev–Trinajstić information content (AvgIpc) is 3.24. The lowest BCUT2D eigenvalue weighted by atomic mass is 9.80. The van der Waals surface area contributed by atoms with Gasteiger partial charge in [0.25, 0.3) is 0 Å². The molecular weight excluding hydrogens is 304 g/mol. The highest BCUT2D eigenvalue weighted by molar-refractivity contribution is 5.75. The summed E-state index contributed by atoms with van der Waals surface area (Å²) < 4.78 is 11.1. The summed E-state index contributed by atoms with van der Waals surface area (Å²) >= 11 is 0. The summed E-state index contributed by atoms with van der Waals surface area (Å²) in [5, 5.41) is 3.09.